The molecule has 2 aromatic rings. The maximum atomic E-state index is 11.3. The summed E-state index contributed by atoms with van der Waals surface area (Å²) in [5.41, 5.74) is 1.70. The van der Waals surface area contributed by atoms with Crippen LogP contribution in [-0.2, 0) is 0 Å². The molecule has 0 spiro atoms. The second kappa shape index (κ2) is 5.62. The third kappa shape index (κ3) is 2.67. The molecule has 5 heteroatoms. The first-order valence-electron chi connectivity index (χ1n) is 5.78. The smallest absolute Gasteiger partial charge is 0.335 e. The van der Waals surface area contributed by atoms with E-state index < -0.39 is 11.9 Å². The Morgan fingerprint density at radius 3 is 1.95 bits per heavy atom. The van der Waals surface area contributed by atoms with Crippen LogP contribution in [0.2, 0.25) is 0 Å². The lowest BCUT2D eigenvalue weighted by atomic mass is 9.95. The highest BCUT2D eigenvalue weighted by Crippen LogP contribution is 2.29. The van der Waals surface area contributed by atoms with Crippen molar-refractivity contribution in [1.29, 1.82) is 0 Å². The monoisotopic (exact) mass is 382 g/mol. The number of hydrogen-bond donors (Lipinski definition) is 2. The van der Waals surface area contributed by atoms with E-state index in [0.29, 0.717) is 5.56 Å². The summed E-state index contributed by atoms with van der Waals surface area (Å²) in [7, 11) is 0. The van der Waals surface area contributed by atoms with Gasteiger partial charge in [0.2, 0.25) is 0 Å². The van der Waals surface area contributed by atoms with E-state index in [2.05, 4.69) is 22.6 Å². The quantitative estimate of drug-likeness (QED) is 0.795. The summed E-state index contributed by atoms with van der Waals surface area (Å²) < 4.78 is 0.932. The van der Waals surface area contributed by atoms with Crippen LogP contribution in [-0.4, -0.2) is 22.2 Å². The SMILES string of the molecule is Cc1c(C(=O)O)cc(-c2ccccc2I)cc1C(=O)O. The number of benzene rings is 2. The van der Waals surface area contributed by atoms with E-state index in [-0.39, 0.29) is 16.7 Å². The molecule has 0 aliphatic carbocycles. The average Bonchev–Trinajstić information content (AvgIpc) is 2.39. The van der Waals surface area contributed by atoms with Gasteiger partial charge in [-0.05, 0) is 64.4 Å². The van der Waals surface area contributed by atoms with Gasteiger partial charge in [-0.1, -0.05) is 18.2 Å². The number of rotatable bonds is 3. The molecule has 0 saturated carbocycles. The lowest BCUT2D eigenvalue weighted by Crippen LogP contribution is -2.08. The van der Waals surface area contributed by atoms with Crippen LogP contribution >= 0.6 is 22.6 Å². The topological polar surface area (TPSA) is 74.6 Å². The lowest BCUT2D eigenvalue weighted by Gasteiger charge is -2.11. The summed E-state index contributed by atoms with van der Waals surface area (Å²) >= 11 is 2.14. The predicted octanol–water partition coefficient (Wildman–Crippen LogP) is 3.66. The molecular weight excluding hydrogens is 371 g/mol. The van der Waals surface area contributed by atoms with E-state index in [4.69, 9.17) is 0 Å². The van der Waals surface area contributed by atoms with Crippen LogP contribution in [0.1, 0.15) is 26.3 Å². The van der Waals surface area contributed by atoms with Crippen molar-refractivity contribution < 1.29 is 19.8 Å². The number of hydrogen-bond acceptors (Lipinski definition) is 2. The standard InChI is InChI=1S/C15H11IO4/c1-8-11(14(17)18)6-9(7-12(8)15(19)20)10-4-2-3-5-13(10)16/h2-7H,1H3,(H,17,18)(H,19,20). The summed E-state index contributed by atoms with van der Waals surface area (Å²) in [5, 5.41) is 18.4. The molecule has 0 bridgehead atoms. The third-order valence-corrected chi connectivity index (χ3v) is 3.99. The molecule has 2 aromatic carbocycles. The van der Waals surface area contributed by atoms with Crippen LogP contribution in [0.3, 0.4) is 0 Å². The van der Waals surface area contributed by atoms with Gasteiger partial charge in [-0.25, -0.2) is 9.59 Å². The molecule has 0 amide bonds. The Morgan fingerprint density at radius 1 is 1.00 bits per heavy atom. The van der Waals surface area contributed by atoms with Crippen molar-refractivity contribution in [1.82, 2.24) is 0 Å². The van der Waals surface area contributed by atoms with Crippen LogP contribution in [0.25, 0.3) is 11.1 Å². The highest BCUT2D eigenvalue weighted by Gasteiger charge is 2.18. The molecule has 4 nitrogen and oxygen atoms in total. The molecule has 0 aromatic heterocycles. The zero-order chi connectivity index (χ0) is 14.9. The first kappa shape index (κ1) is 14.5. The molecule has 0 unspecified atom stereocenters. The van der Waals surface area contributed by atoms with Crippen molar-refractivity contribution in [3.05, 3.63) is 56.7 Å². The maximum Gasteiger partial charge on any atom is 0.335 e. The van der Waals surface area contributed by atoms with Gasteiger partial charge in [-0.2, -0.15) is 0 Å². The van der Waals surface area contributed by atoms with Crippen molar-refractivity contribution >= 4 is 34.5 Å². The number of aromatic carboxylic acids is 2. The first-order valence-corrected chi connectivity index (χ1v) is 6.86. The third-order valence-electron chi connectivity index (χ3n) is 3.05. The molecule has 0 saturated heterocycles. The van der Waals surface area contributed by atoms with Gasteiger partial charge in [0, 0.05) is 3.57 Å². The fourth-order valence-electron chi connectivity index (χ4n) is 2.01. The van der Waals surface area contributed by atoms with Gasteiger partial charge >= 0.3 is 11.9 Å². The minimum Gasteiger partial charge on any atom is -0.478 e. The van der Waals surface area contributed by atoms with Crippen LogP contribution in [0, 0.1) is 10.5 Å². The normalized spacial score (nSPS) is 10.3. The lowest BCUT2D eigenvalue weighted by molar-refractivity contribution is 0.0696. The van der Waals surface area contributed by atoms with Crippen LogP contribution < -0.4 is 0 Å². The Bertz CT molecular complexity index is 672. The summed E-state index contributed by atoms with van der Waals surface area (Å²) in [6.45, 7) is 1.51. The van der Waals surface area contributed by atoms with E-state index in [9.17, 15) is 19.8 Å². The minimum absolute atomic E-state index is 0.0135. The molecule has 2 N–H and O–H groups in total. The van der Waals surface area contributed by atoms with Gasteiger partial charge in [0.25, 0.3) is 0 Å². The Balaban J connectivity index is 2.75. The number of carboxylic acids is 2. The van der Waals surface area contributed by atoms with E-state index in [1.165, 1.54) is 19.1 Å². The minimum atomic E-state index is -1.13. The van der Waals surface area contributed by atoms with Crippen LogP contribution in [0.5, 0.6) is 0 Å². The van der Waals surface area contributed by atoms with E-state index in [0.717, 1.165) is 9.13 Å². The van der Waals surface area contributed by atoms with Crippen molar-refractivity contribution in [2.24, 2.45) is 0 Å². The van der Waals surface area contributed by atoms with Crippen molar-refractivity contribution in [3.63, 3.8) is 0 Å². The van der Waals surface area contributed by atoms with Gasteiger partial charge < -0.3 is 10.2 Å². The Labute approximate surface area is 129 Å². The summed E-state index contributed by atoms with van der Waals surface area (Å²) in [4.78, 5) is 22.5. The van der Waals surface area contributed by atoms with Gasteiger partial charge in [0.05, 0.1) is 11.1 Å². The average molecular weight is 382 g/mol. The number of carboxylic acid groups (broad SMARTS) is 2. The van der Waals surface area contributed by atoms with Crippen molar-refractivity contribution in [2.75, 3.05) is 0 Å². The van der Waals surface area contributed by atoms with E-state index in [1.807, 2.05) is 24.3 Å². The molecule has 2 rings (SSSR count). The Kier molecular flexibility index (Phi) is 4.08. The molecule has 0 aliphatic heterocycles. The van der Waals surface area contributed by atoms with Crippen molar-refractivity contribution in [3.8, 4) is 11.1 Å². The second-order valence-corrected chi connectivity index (χ2v) is 5.45. The summed E-state index contributed by atoms with van der Waals surface area (Å²) in [5.74, 6) is -2.25. The molecule has 0 heterocycles. The zero-order valence-electron chi connectivity index (χ0n) is 10.6. The van der Waals surface area contributed by atoms with Crippen LogP contribution in [0.4, 0.5) is 0 Å². The highest BCUT2D eigenvalue weighted by molar-refractivity contribution is 14.1. The molecule has 0 radical (unpaired) electrons. The first-order chi connectivity index (χ1) is 9.41. The predicted molar refractivity (Wildman–Crippen MR) is 83.3 cm³/mol. The molecular formula is C15H11IO4. The molecule has 20 heavy (non-hydrogen) atoms. The van der Waals surface area contributed by atoms with Gasteiger partial charge in [-0.15, -0.1) is 0 Å². The van der Waals surface area contributed by atoms with Gasteiger partial charge in [-0.3, -0.25) is 0 Å². The summed E-state index contributed by atoms with van der Waals surface area (Å²) in [6.07, 6.45) is 0. The zero-order valence-corrected chi connectivity index (χ0v) is 12.7. The molecule has 102 valence electrons. The molecule has 0 atom stereocenters. The fourth-order valence-corrected chi connectivity index (χ4v) is 2.71. The van der Waals surface area contributed by atoms with E-state index >= 15 is 0 Å². The largest absolute Gasteiger partial charge is 0.478 e. The Hall–Kier alpha value is -1.89. The summed E-state index contributed by atoms with van der Waals surface area (Å²) in [6, 6.07) is 10.5. The molecule has 0 aliphatic rings. The Morgan fingerprint density at radius 2 is 1.50 bits per heavy atom. The maximum absolute atomic E-state index is 11.3. The second-order valence-electron chi connectivity index (χ2n) is 4.29. The van der Waals surface area contributed by atoms with Crippen LogP contribution in [0.15, 0.2) is 36.4 Å². The van der Waals surface area contributed by atoms with Gasteiger partial charge in [0.15, 0.2) is 0 Å². The highest BCUT2D eigenvalue weighted by atomic mass is 127. The molecule has 0 fully saturated rings. The van der Waals surface area contributed by atoms with Crippen molar-refractivity contribution in [2.45, 2.75) is 6.92 Å². The fraction of sp³-hybridized carbons (Fsp3) is 0.0667. The number of halogens is 1. The van der Waals surface area contributed by atoms with E-state index in [1.54, 1.807) is 0 Å². The van der Waals surface area contributed by atoms with Gasteiger partial charge in [0.1, 0.15) is 0 Å². The number of carbonyl (C=O) groups is 2.